The minimum atomic E-state index is -0.557. The Hall–Kier alpha value is -2.82. The van der Waals surface area contributed by atoms with E-state index in [-0.39, 0.29) is 22.4 Å². The van der Waals surface area contributed by atoms with Gasteiger partial charge in [0, 0.05) is 57.1 Å². The van der Waals surface area contributed by atoms with Crippen LogP contribution in [0.25, 0.3) is 0 Å². The Morgan fingerprint density at radius 3 is 2.35 bits per heavy atom. The van der Waals surface area contributed by atoms with E-state index in [1.54, 1.807) is 25.3 Å². The van der Waals surface area contributed by atoms with Crippen LogP contribution in [0.2, 0.25) is 15.1 Å². The van der Waals surface area contributed by atoms with E-state index in [1.807, 2.05) is 18.2 Å². The molecule has 1 aromatic heterocycles. The number of nitrogens with one attached hydrogen (secondary N) is 2. The number of ether oxygens (including phenoxy) is 1. The summed E-state index contributed by atoms with van der Waals surface area (Å²) in [5.41, 5.74) is 2.05. The molecule has 0 bridgehead atoms. The summed E-state index contributed by atoms with van der Waals surface area (Å²) < 4.78 is 5.75. The lowest BCUT2D eigenvalue weighted by molar-refractivity contribution is 0.0981. The quantitative estimate of drug-likeness (QED) is 0.358. The number of hydrogen-bond donors (Lipinski definition) is 2. The first-order valence-corrected chi connectivity index (χ1v) is 14.4. The van der Waals surface area contributed by atoms with E-state index in [4.69, 9.17) is 39.5 Å². The average molecular weight is 605 g/mol. The second-order valence-corrected chi connectivity index (χ2v) is 11.2. The van der Waals surface area contributed by atoms with E-state index in [9.17, 15) is 4.79 Å². The van der Waals surface area contributed by atoms with Gasteiger partial charge in [-0.3, -0.25) is 9.69 Å². The molecule has 2 fully saturated rings. The summed E-state index contributed by atoms with van der Waals surface area (Å²) >= 11 is 18.6. The predicted octanol–water partition coefficient (Wildman–Crippen LogP) is 5.66. The number of piperidine rings is 1. The number of hydrogen-bond acceptors (Lipinski definition) is 8. The third-order valence-corrected chi connectivity index (χ3v) is 8.36. The summed E-state index contributed by atoms with van der Waals surface area (Å²) in [6, 6.07) is 11.5. The van der Waals surface area contributed by atoms with Crippen molar-refractivity contribution < 1.29 is 9.53 Å². The van der Waals surface area contributed by atoms with Crippen LogP contribution in [0.5, 0.6) is 5.75 Å². The molecule has 3 heterocycles. The molecule has 9 nitrogen and oxygen atoms in total. The van der Waals surface area contributed by atoms with E-state index >= 15 is 0 Å². The number of para-hydroxylation sites is 1. The molecule has 2 aliphatic heterocycles. The first-order valence-electron chi connectivity index (χ1n) is 13.2. The standard InChI is InChI=1S/C28H32Cl3N7O2/c1-36-12-14-37(15-13-36)19-8-10-38(11-9-19)23-7-6-18(16-24(23)40-2)33-28-32-17-22(31)26(35-28)27(39)34-25-20(29)4-3-5-21(25)30/h3-7,16-17,19H,8-15H2,1-2H3,(H,34,39)(H,32,33,35). The van der Waals surface area contributed by atoms with Gasteiger partial charge in [0.2, 0.25) is 5.95 Å². The summed E-state index contributed by atoms with van der Waals surface area (Å²) in [5.74, 6) is 0.407. The molecule has 212 valence electrons. The summed E-state index contributed by atoms with van der Waals surface area (Å²) in [7, 11) is 3.86. The van der Waals surface area contributed by atoms with Crippen LogP contribution in [0.4, 0.5) is 23.0 Å². The molecule has 3 aromatic rings. The normalized spacial score (nSPS) is 17.1. The number of benzene rings is 2. The molecule has 12 heteroatoms. The van der Waals surface area contributed by atoms with Crippen LogP contribution in [0, 0.1) is 0 Å². The molecule has 40 heavy (non-hydrogen) atoms. The summed E-state index contributed by atoms with van der Waals surface area (Å²) in [5, 5.41) is 6.54. The number of aromatic nitrogens is 2. The highest BCUT2D eigenvalue weighted by atomic mass is 35.5. The third kappa shape index (κ3) is 6.56. The Balaban J connectivity index is 1.25. The third-order valence-electron chi connectivity index (χ3n) is 7.46. The van der Waals surface area contributed by atoms with Crippen molar-refractivity contribution in [3.63, 3.8) is 0 Å². The monoisotopic (exact) mass is 603 g/mol. The number of halogens is 3. The maximum absolute atomic E-state index is 12.9. The second-order valence-electron chi connectivity index (χ2n) is 10.0. The van der Waals surface area contributed by atoms with E-state index in [2.05, 4.69) is 42.3 Å². The largest absolute Gasteiger partial charge is 0.495 e. The number of likely N-dealkylation sites (N-methyl/N-ethyl adjacent to an activating group) is 1. The van der Waals surface area contributed by atoms with Gasteiger partial charge in [-0.15, -0.1) is 0 Å². The fourth-order valence-corrected chi connectivity index (χ4v) is 5.85. The molecule has 2 aromatic carbocycles. The SMILES string of the molecule is COc1cc(Nc2ncc(Cl)c(C(=O)Nc3c(Cl)cccc3Cl)n2)ccc1N1CCC(N2CCN(C)CC2)CC1. The molecule has 2 aliphatic rings. The number of rotatable bonds is 7. The molecule has 0 radical (unpaired) electrons. The lowest BCUT2D eigenvalue weighted by atomic mass is 10.0. The summed E-state index contributed by atoms with van der Waals surface area (Å²) in [4.78, 5) is 28.9. The van der Waals surface area contributed by atoms with Crippen molar-refractivity contribution in [3.05, 3.63) is 63.4 Å². The van der Waals surface area contributed by atoms with E-state index < -0.39 is 5.91 Å². The number of anilines is 4. The topological polar surface area (TPSA) is 85.9 Å². The Morgan fingerprint density at radius 1 is 0.975 bits per heavy atom. The van der Waals surface area contributed by atoms with Gasteiger partial charge >= 0.3 is 0 Å². The van der Waals surface area contributed by atoms with Gasteiger partial charge in [-0.05, 0) is 44.2 Å². The lowest BCUT2D eigenvalue weighted by Crippen LogP contribution is -2.52. The van der Waals surface area contributed by atoms with Gasteiger partial charge in [-0.1, -0.05) is 40.9 Å². The van der Waals surface area contributed by atoms with Crippen LogP contribution >= 0.6 is 34.8 Å². The number of carbonyl (C=O) groups is 1. The molecule has 2 N–H and O–H groups in total. The summed E-state index contributed by atoms with van der Waals surface area (Å²) in [6.45, 7) is 6.54. The smallest absolute Gasteiger partial charge is 0.276 e. The van der Waals surface area contributed by atoms with E-state index in [0.29, 0.717) is 16.1 Å². The van der Waals surface area contributed by atoms with Crippen molar-refractivity contribution in [2.24, 2.45) is 0 Å². The van der Waals surface area contributed by atoms with Crippen molar-refractivity contribution in [2.45, 2.75) is 18.9 Å². The van der Waals surface area contributed by atoms with Gasteiger partial charge in [0.15, 0.2) is 5.69 Å². The number of nitrogens with zero attached hydrogens (tertiary/aromatic N) is 5. The van der Waals surface area contributed by atoms with Crippen LogP contribution in [0.1, 0.15) is 23.3 Å². The number of carbonyl (C=O) groups excluding carboxylic acids is 1. The van der Waals surface area contributed by atoms with Gasteiger partial charge in [0.25, 0.3) is 5.91 Å². The minimum Gasteiger partial charge on any atom is -0.495 e. The molecule has 0 atom stereocenters. The Labute approximate surface area is 249 Å². The molecule has 0 saturated carbocycles. The highest BCUT2D eigenvalue weighted by Crippen LogP contribution is 2.35. The van der Waals surface area contributed by atoms with E-state index in [1.165, 1.54) is 6.20 Å². The zero-order valence-corrected chi connectivity index (χ0v) is 24.7. The molecule has 0 aliphatic carbocycles. The maximum atomic E-state index is 12.9. The minimum absolute atomic E-state index is 0.0121. The number of piperazine rings is 1. The molecule has 2 saturated heterocycles. The molecule has 0 spiro atoms. The fraction of sp³-hybridized carbons (Fsp3) is 0.393. The highest BCUT2D eigenvalue weighted by molar-refractivity contribution is 6.40. The van der Waals surface area contributed by atoms with Crippen molar-refractivity contribution in [3.8, 4) is 5.75 Å². The predicted molar refractivity (Wildman–Crippen MR) is 162 cm³/mol. The van der Waals surface area contributed by atoms with Gasteiger partial charge in [-0.2, -0.15) is 0 Å². The average Bonchev–Trinajstić information content (AvgIpc) is 2.96. The van der Waals surface area contributed by atoms with Crippen molar-refractivity contribution in [2.75, 3.05) is 69.0 Å². The van der Waals surface area contributed by atoms with Crippen LogP contribution in [-0.2, 0) is 0 Å². The molecule has 1 amide bonds. The first-order chi connectivity index (χ1) is 19.3. The zero-order chi connectivity index (χ0) is 28.2. The van der Waals surface area contributed by atoms with Crippen molar-refractivity contribution in [1.29, 1.82) is 0 Å². The van der Waals surface area contributed by atoms with Crippen LogP contribution in [0.15, 0.2) is 42.6 Å². The Kier molecular flexibility index (Phi) is 9.17. The highest BCUT2D eigenvalue weighted by Gasteiger charge is 2.28. The Morgan fingerprint density at radius 2 is 1.68 bits per heavy atom. The Bertz CT molecular complexity index is 1340. The molecule has 0 unspecified atom stereocenters. The second kappa shape index (κ2) is 12.8. The van der Waals surface area contributed by atoms with Crippen molar-refractivity contribution in [1.82, 2.24) is 19.8 Å². The molecule has 5 rings (SSSR count). The van der Waals surface area contributed by atoms with Crippen LogP contribution < -0.4 is 20.3 Å². The van der Waals surface area contributed by atoms with Crippen LogP contribution in [-0.4, -0.2) is 85.1 Å². The van der Waals surface area contributed by atoms with Gasteiger partial charge in [0.05, 0.1) is 39.7 Å². The van der Waals surface area contributed by atoms with Crippen molar-refractivity contribution >= 4 is 63.7 Å². The van der Waals surface area contributed by atoms with Gasteiger partial charge in [0.1, 0.15) is 5.75 Å². The van der Waals surface area contributed by atoms with Gasteiger partial charge in [-0.25, -0.2) is 9.97 Å². The van der Waals surface area contributed by atoms with Gasteiger partial charge < -0.3 is 25.2 Å². The number of methoxy groups -OCH3 is 1. The molecular formula is C28H32Cl3N7O2. The summed E-state index contributed by atoms with van der Waals surface area (Å²) in [6.07, 6.45) is 3.64. The van der Waals surface area contributed by atoms with Crippen LogP contribution in [0.3, 0.4) is 0 Å². The van der Waals surface area contributed by atoms with E-state index in [0.717, 1.165) is 69.2 Å². The fourth-order valence-electron chi connectivity index (χ4n) is 5.18. The first kappa shape index (κ1) is 28.7. The maximum Gasteiger partial charge on any atom is 0.276 e. The molecular weight excluding hydrogens is 573 g/mol. The zero-order valence-electron chi connectivity index (χ0n) is 22.5. The number of amides is 1. The lowest BCUT2D eigenvalue weighted by Gasteiger charge is -2.42.